The zero-order chi connectivity index (χ0) is 23.9. The molecule has 2 rings (SSSR count). The highest BCUT2D eigenvalue weighted by atomic mass is 16.5. The Bertz CT molecular complexity index is 965. The van der Waals surface area contributed by atoms with Crippen LogP contribution in [0.5, 0.6) is 0 Å². The van der Waals surface area contributed by atoms with Crippen molar-refractivity contribution in [3.05, 3.63) is 107 Å². The molecule has 0 radical (unpaired) electrons. The molecule has 0 saturated heterocycles. The minimum absolute atomic E-state index is 0.255. The van der Waals surface area contributed by atoms with Crippen molar-refractivity contribution in [2.24, 2.45) is 0 Å². The summed E-state index contributed by atoms with van der Waals surface area (Å²) in [5, 5.41) is 0. The lowest BCUT2D eigenvalue weighted by molar-refractivity contribution is 0.0532. The number of hydrogen-bond acceptors (Lipinski definition) is 4. The number of allylic oxidation sites excluding steroid dienone is 4. The van der Waals surface area contributed by atoms with Crippen molar-refractivity contribution in [2.75, 3.05) is 13.2 Å². The lowest BCUT2D eigenvalue weighted by atomic mass is 10.1. The van der Waals surface area contributed by atoms with Crippen LogP contribution in [0.2, 0.25) is 0 Å². The van der Waals surface area contributed by atoms with Crippen LogP contribution in [-0.4, -0.2) is 25.2 Å². The number of rotatable bonds is 12. The third-order valence-corrected chi connectivity index (χ3v) is 5.04. The molecule has 0 atom stereocenters. The van der Waals surface area contributed by atoms with Crippen molar-refractivity contribution in [1.82, 2.24) is 0 Å². The van der Waals surface area contributed by atoms with Gasteiger partial charge in [0.25, 0.3) is 0 Å². The topological polar surface area (TPSA) is 52.6 Å². The molecule has 0 spiro atoms. The Morgan fingerprint density at radius 3 is 1.82 bits per heavy atom. The molecule has 33 heavy (non-hydrogen) atoms. The van der Waals surface area contributed by atoms with Crippen LogP contribution in [0.25, 0.3) is 0 Å². The van der Waals surface area contributed by atoms with E-state index in [9.17, 15) is 9.59 Å². The maximum atomic E-state index is 12.3. The van der Waals surface area contributed by atoms with Crippen LogP contribution in [0, 0.1) is 0 Å². The minimum Gasteiger partial charge on any atom is -0.458 e. The third-order valence-electron chi connectivity index (χ3n) is 5.04. The maximum absolute atomic E-state index is 12.3. The van der Waals surface area contributed by atoms with Gasteiger partial charge < -0.3 is 9.47 Å². The molecule has 174 valence electrons. The molecule has 0 bridgehead atoms. The van der Waals surface area contributed by atoms with Gasteiger partial charge in [-0.3, -0.25) is 0 Å². The first-order valence-electron chi connectivity index (χ1n) is 11.4. The van der Waals surface area contributed by atoms with E-state index in [4.69, 9.17) is 9.47 Å². The van der Waals surface area contributed by atoms with Crippen molar-refractivity contribution in [1.29, 1.82) is 0 Å². The molecule has 0 aliphatic carbocycles. The fourth-order valence-electron chi connectivity index (χ4n) is 3.12. The SMILES string of the molecule is CC(C)=CCCC(=CCCC(C)=CCOC(=O)c1ccccc1)COC(=O)c1ccccc1. The summed E-state index contributed by atoms with van der Waals surface area (Å²) in [5.74, 6) is -0.624. The Balaban J connectivity index is 1.84. The molecular formula is C29H34O4. The van der Waals surface area contributed by atoms with Gasteiger partial charge in [0, 0.05) is 0 Å². The molecule has 0 amide bonds. The number of esters is 2. The fourth-order valence-corrected chi connectivity index (χ4v) is 3.12. The number of carbonyl (C=O) groups excluding carboxylic acids is 2. The highest BCUT2D eigenvalue weighted by Crippen LogP contribution is 2.14. The largest absolute Gasteiger partial charge is 0.458 e. The van der Waals surface area contributed by atoms with Gasteiger partial charge in [-0.15, -0.1) is 0 Å². The van der Waals surface area contributed by atoms with Gasteiger partial charge in [0.05, 0.1) is 11.1 Å². The van der Waals surface area contributed by atoms with Gasteiger partial charge in [-0.2, -0.15) is 0 Å². The Labute approximate surface area is 197 Å². The maximum Gasteiger partial charge on any atom is 0.338 e. The van der Waals surface area contributed by atoms with Crippen LogP contribution in [0.3, 0.4) is 0 Å². The van der Waals surface area contributed by atoms with E-state index in [2.05, 4.69) is 26.0 Å². The molecule has 0 unspecified atom stereocenters. The first-order valence-corrected chi connectivity index (χ1v) is 11.4. The van der Waals surface area contributed by atoms with Crippen LogP contribution in [0.4, 0.5) is 0 Å². The Morgan fingerprint density at radius 1 is 0.697 bits per heavy atom. The summed E-state index contributed by atoms with van der Waals surface area (Å²) >= 11 is 0. The van der Waals surface area contributed by atoms with E-state index in [0.717, 1.165) is 36.8 Å². The molecule has 2 aromatic rings. The molecule has 2 aromatic carbocycles. The zero-order valence-electron chi connectivity index (χ0n) is 19.9. The van der Waals surface area contributed by atoms with Crippen LogP contribution in [0.15, 0.2) is 95.6 Å². The molecule has 0 aliphatic rings. The summed E-state index contributed by atoms with van der Waals surface area (Å²) in [4.78, 5) is 24.3. The van der Waals surface area contributed by atoms with E-state index in [1.165, 1.54) is 5.57 Å². The van der Waals surface area contributed by atoms with Crippen LogP contribution in [0.1, 0.15) is 67.2 Å². The van der Waals surface area contributed by atoms with Gasteiger partial charge in [0.2, 0.25) is 0 Å². The van der Waals surface area contributed by atoms with E-state index in [1.807, 2.05) is 49.4 Å². The lowest BCUT2D eigenvalue weighted by Crippen LogP contribution is -2.08. The molecule has 0 aromatic heterocycles. The van der Waals surface area contributed by atoms with Crippen molar-refractivity contribution in [3.8, 4) is 0 Å². The monoisotopic (exact) mass is 446 g/mol. The first-order chi connectivity index (χ1) is 16.0. The summed E-state index contributed by atoms with van der Waals surface area (Å²) in [6.07, 6.45) is 9.74. The highest BCUT2D eigenvalue weighted by molar-refractivity contribution is 5.89. The second-order valence-corrected chi connectivity index (χ2v) is 8.18. The summed E-state index contributed by atoms with van der Waals surface area (Å²) in [6, 6.07) is 18.0. The van der Waals surface area contributed by atoms with E-state index in [1.54, 1.807) is 24.3 Å². The summed E-state index contributed by atoms with van der Waals surface area (Å²) in [7, 11) is 0. The first kappa shape index (κ1) is 25.9. The summed E-state index contributed by atoms with van der Waals surface area (Å²) in [6.45, 7) is 6.74. The highest BCUT2D eigenvalue weighted by Gasteiger charge is 2.08. The molecule has 4 nitrogen and oxygen atoms in total. The van der Waals surface area contributed by atoms with E-state index >= 15 is 0 Å². The van der Waals surface area contributed by atoms with Gasteiger partial charge in [0.1, 0.15) is 13.2 Å². The molecule has 0 aliphatic heterocycles. The van der Waals surface area contributed by atoms with Gasteiger partial charge in [-0.1, -0.05) is 59.7 Å². The van der Waals surface area contributed by atoms with Gasteiger partial charge in [-0.05, 0) is 82.4 Å². The number of benzene rings is 2. The second kappa shape index (κ2) is 14.6. The lowest BCUT2D eigenvalue weighted by Gasteiger charge is -2.09. The Kier molecular flexibility index (Phi) is 11.5. The normalized spacial score (nSPS) is 11.6. The smallest absolute Gasteiger partial charge is 0.338 e. The van der Waals surface area contributed by atoms with Crippen molar-refractivity contribution in [3.63, 3.8) is 0 Å². The predicted molar refractivity (Wildman–Crippen MR) is 133 cm³/mol. The van der Waals surface area contributed by atoms with E-state index in [-0.39, 0.29) is 18.5 Å². The predicted octanol–water partition coefficient (Wildman–Crippen LogP) is 7.10. The number of carbonyl (C=O) groups is 2. The summed E-state index contributed by atoms with van der Waals surface area (Å²) < 4.78 is 10.9. The quantitative estimate of drug-likeness (QED) is 0.258. The van der Waals surface area contributed by atoms with Gasteiger partial charge >= 0.3 is 11.9 Å². The van der Waals surface area contributed by atoms with Crippen molar-refractivity contribution < 1.29 is 19.1 Å². The molecule has 0 fully saturated rings. The third kappa shape index (κ3) is 10.6. The van der Waals surface area contributed by atoms with Gasteiger partial charge in [-0.25, -0.2) is 9.59 Å². The molecule has 4 heteroatoms. The molecule has 0 saturated carbocycles. The zero-order valence-corrected chi connectivity index (χ0v) is 19.9. The average Bonchev–Trinajstić information content (AvgIpc) is 2.82. The van der Waals surface area contributed by atoms with E-state index < -0.39 is 0 Å². The standard InChI is InChI=1S/C29H34O4/c1-23(2)12-10-14-25(22-33-29(31)27-18-8-5-9-19-27)15-11-13-24(3)20-21-32-28(30)26-16-6-4-7-17-26/h4-9,12,15-20H,10-11,13-14,21-22H2,1-3H3. The average molecular weight is 447 g/mol. The Hall–Kier alpha value is -3.40. The van der Waals surface area contributed by atoms with Crippen LogP contribution >= 0.6 is 0 Å². The summed E-state index contributed by atoms with van der Waals surface area (Å²) in [5.41, 5.74) is 4.65. The van der Waals surface area contributed by atoms with E-state index in [0.29, 0.717) is 17.7 Å². The molecule has 0 heterocycles. The minimum atomic E-state index is -0.318. The number of hydrogen-bond donors (Lipinski definition) is 0. The molecular weight excluding hydrogens is 412 g/mol. The van der Waals surface area contributed by atoms with Gasteiger partial charge in [0.15, 0.2) is 0 Å². The fraction of sp³-hybridized carbons (Fsp3) is 0.310. The van der Waals surface area contributed by atoms with Crippen LogP contribution < -0.4 is 0 Å². The van der Waals surface area contributed by atoms with Crippen LogP contribution in [-0.2, 0) is 9.47 Å². The van der Waals surface area contributed by atoms with Crippen molar-refractivity contribution >= 4 is 11.9 Å². The second-order valence-electron chi connectivity index (χ2n) is 8.18. The number of ether oxygens (including phenoxy) is 2. The molecule has 0 N–H and O–H groups in total. The van der Waals surface area contributed by atoms with Crippen molar-refractivity contribution in [2.45, 2.75) is 46.5 Å². The Morgan fingerprint density at radius 2 is 1.24 bits per heavy atom.